The van der Waals surface area contributed by atoms with Crippen molar-refractivity contribution >= 4 is 0 Å². The Labute approximate surface area is 106 Å². The summed E-state index contributed by atoms with van der Waals surface area (Å²) in [4.78, 5) is 25.1. The van der Waals surface area contributed by atoms with Crippen LogP contribution in [0.25, 0.3) is 0 Å². The summed E-state index contributed by atoms with van der Waals surface area (Å²) in [6, 6.07) is 0. The van der Waals surface area contributed by atoms with E-state index in [9.17, 15) is 19.8 Å². The number of aromatic amines is 1. The van der Waals surface area contributed by atoms with Gasteiger partial charge in [0.25, 0.3) is 5.56 Å². The molecule has 9 nitrogen and oxygen atoms in total. The number of hydrogen-bond donors (Lipinski definition) is 5. The molecule has 2 unspecified atom stereocenters. The Bertz CT molecular complexity index is 567. The van der Waals surface area contributed by atoms with Crippen molar-refractivity contribution in [2.45, 2.75) is 31.1 Å². The SMILES string of the molecule is NCn1cc([C@@H]2O[C@H](CO)C(O)C2O)c(=O)[nH]c1=O. The van der Waals surface area contributed by atoms with E-state index in [1.165, 1.54) is 6.20 Å². The van der Waals surface area contributed by atoms with Gasteiger partial charge in [0.1, 0.15) is 24.4 Å². The summed E-state index contributed by atoms with van der Waals surface area (Å²) in [5.74, 6) is 0. The molecule has 0 spiro atoms. The molecule has 106 valence electrons. The van der Waals surface area contributed by atoms with Gasteiger partial charge in [0.05, 0.1) is 18.8 Å². The normalized spacial score (nSPS) is 30.7. The van der Waals surface area contributed by atoms with E-state index in [-0.39, 0.29) is 12.2 Å². The lowest BCUT2D eigenvalue weighted by Gasteiger charge is -2.14. The summed E-state index contributed by atoms with van der Waals surface area (Å²) in [6.07, 6.45) is -3.64. The van der Waals surface area contributed by atoms with Gasteiger partial charge in [-0.25, -0.2) is 4.79 Å². The minimum atomic E-state index is -1.37. The zero-order valence-electron chi connectivity index (χ0n) is 9.89. The molecule has 2 heterocycles. The largest absolute Gasteiger partial charge is 0.394 e. The molecule has 2 rings (SSSR count). The molecule has 1 aromatic heterocycles. The van der Waals surface area contributed by atoms with Gasteiger partial charge in [0.2, 0.25) is 0 Å². The molecular weight excluding hydrogens is 258 g/mol. The van der Waals surface area contributed by atoms with Crippen molar-refractivity contribution in [2.24, 2.45) is 5.73 Å². The van der Waals surface area contributed by atoms with Gasteiger partial charge in [-0.1, -0.05) is 0 Å². The van der Waals surface area contributed by atoms with Crippen molar-refractivity contribution in [3.63, 3.8) is 0 Å². The number of H-pyrrole nitrogens is 1. The molecule has 1 aliphatic heterocycles. The fourth-order valence-corrected chi connectivity index (χ4v) is 2.02. The van der Waals surface area contributed by atoms with Gasteiger partial charge in [0, 0.05) is 6.20 Å². The summed E-state index contributed by atoms with van der Waals surface area (Å²) in [7, 11) is 0. The highest BCUT2D eigenvalue weighted by Crippen LogP contribution is 2.31. The van der Waals surface area contributed by atoms with E-state index in [1.54, 1.807) is 0 Å². The van der Waals surface area contributed by atoms with Crippen molar-refractivity contribution < 1.29 is 20.1 Å². The van der Waals surface area contributed by atoms with Gasteiger partial charge in [-0.05, 0) is 0 Å². The van der Waals surface area contributed by atoms with Crippen LogP contribution in [-0.4, -0.2) is 49.8 Å². The summed E-state index contributed by atoms with van der Waals surface area (Å²) in [5.41, 5.74) is 3.89. The van der Waals surface area contributed by atoms with Crippen LogP contribution in [0.4, 0.5) is 0 Å². The molecule has 1 aliphatic rings. The Morgan fingerprint density at radius 1 is 1.37 bits per heavy atom. The summed E-state index contributed by atoms with van der Waals surface area (Å²) >= 11 is 0. The van der Waals surface area contributed by atoms with Gasteiger partial charge in [-0.15, -0.1) is 0 Å². The molecule has 0 aromatic carbocycles. The van der Waals surface area contributed by atoms with Gasteiger partial charge in [-0.3, -0.25) is 14.3 Å². The summed E-state index contributed by atoms with van der Waals surface area (Å²) in [5, 5.41) is 28.4. The van der Waals surface area contributed by atoms with Crippen LogP contribution in [0, 0.1) is 0 Å². The fourth-order valence-electron chi connectivity index (χ4n) is 2.02. The van der Waals surface area contributed by atoms with Crippen molar-refractivity contribution in [2.75, 3.05) is 6.61 Å². The van der Waals surface area contributed by atoms with Crippen LogP contribution in [0.3, 0.4) is 0 Å². The number of aliphatic hydroxyl groups is 3. The van der Waals surface area contributed by atoms with E-state index >= 15 is 0 Å². The van der Waals surface area contributed by atoms with Gasteiger partial charge >= 0.3 is 5.69 Å². The third-order valence-electron chi connectivity index (χ3n) is 3.08. The second kappa shape index (κ2) is 5.23. The monoisotopic (exact) mass is 273 g/mol. The molecule has 0 bridgehead atoms. The van der Waals surface area contributed by atoms with Crippen LogP contribution in [0.15, 0.2) is 15.8 Å². The number of aromatic nitrogens is 2. The lowest BCUT2D eigenvalue weighted by Crippen LogP contribution is -2.37. The van der Waals surface area contributed by atoms with E-state index in [0.717, 1.165) is 4.57 Å². The first-order valence-electron chi connectivity index (χ1n) is 5.65. The Morgan fingerprint density at radius 3 is 2.58 bits per heavy atom. The molecule has 6 N–H and O–H groups in total. The second-order valence-electron chi connectivity index (χ2n) is 4.25. The second-order valence-corrected chi connectivity index (χ2v) is 4.25. The van der Waals surface area contributed by atoms with Crippen molar-refractivity contribution in [1.29, 1.82) is 0 Å². The molecule has 1 fully saturated rings. The van der Waals surface area contributed by atoms with Crippen LogP contribution in [0.2, 0.25) is 0 Å². The van der Waals surface area contributed by atoms with Crippen molar-refractivity contribution in [1.82, 2.24) is 9.55 Å². The van der Waals surface area contributed by atoms with E-state index in [4.69, 9.17) is 15.6 Å². The van der Waals surface area contributed by atoms with Gasteiger partial charge in [-0.2, -0.15) is 0 Å². The number of nitrogens with two attached hydrogens (primary N) is 1. The third-order valence-corrected chi connectivity index (χ3v) is 3.08. The van der Waals surface area contributed by atoms with Crippen LogP contribution in [0.5, 0.6) is 0 Å². The van der Waals surface area contributed by atoms with Gasteiger partial charge in [0.15, 0.2) is 0 Å². The van der Waals surface area contributed by atoms with Crippen LogP contribution in [0.1, 0.15) is 11.7 Å². The molecule has 4 atom stereocenters. The highest BCUT2D eigenvalue weighted by molar-refractivity contribution is 5.14. The molecule has 0 saturated carbocycles. The number of nitrogens with one attached hydrogen (secondary N) is 1. The highest BCUT2D eigenvalue weighted by Gasteiger charge is 2.44. The molecule has 19 heavy (non-hydrogen) atoms. The van der Waals surface area contributed by atoms with E-state index < -0.39 is 42.3 Å². The average Bonchev–Trinajstić information content (AvgIpc) is 2.67. The predicted octanol–water partition coefficient (Wildman–Crippen LogP) is -3.39. The lowest BCUT2D eigenvalue weighted by atomic mass is 10.0. The Balaban J connectivity index is 2.43. The Hall–Kier alpha value is -1.52. The third kappa shape index (κ3) is 2.33. The number of ether oxygens (including phenoxy) is 1. The zero-order chi connectivity index (χ0) is 14.2. The van der Waals surface area contributed by atoms with E-state index in [1.807, 2.05) is 4.98 Å². The molecular formula is C10H15N3O6. The van der Waals surface area contributed by atoms with Crippen LogP contribution >= 0.6 is 0 Å². The standard InChI is InChI=1S/C10H15N3O6/c11-3-13-1-4(9(17)12-10(13)18)8-7(16)6(15)5(2-14)19-8/h1,5-8,14-16H,2-3,11H2,(H,12,17,18)/t5-,6?,7?,8+/m1/s1. The van der Waals surface area contributed by atoms with Crippen LogP contribution < -0.4 is 17.0 Å². The first kappa shape index (κ1) is 13.9. The molecule has 1 saturated heterocycles. The average molecular weight is 273 g/mol. The predicted molar refractivity (Wildman–Crippen MR) is 62.2 cm³/mol. The number of nitrogens with zero attached hydrogens (tertiary/aromatic N) is 1. The molecule has 9 heteroatoms. The van der Waals surface area contributed by atoms with Gasteiger partial charge < -0.3 is 25.8 Å². The zero-order valence-corrected chi connectivity index (χ0v) is 9.89. The number of hydrogen-bond acceptors (Lipinski definition) is 7. The maximum absolute atomic E-state index is 11.7. The first-order chi connectivity index (χ1) is 8.99. The topological polar surface area (TPSA) is 151 Å². The maximum Gasteiger partial charge on any atom is 0.329 e. The molecule has 1 aromatic rings. The minimum absolute atomic E-state index is 0.0347. The van der Waals surface area contributed by atoms with Crippen molar-refractivity contribution in [3.05, 3.63) is 32.6 Å². The number of rotatable bonds is 3. The maximum atomic E-state index is 11.7. The molecule has 0 aliphatic carbocycles. The Morgan fingerprint density at radius 2 is 2.05 bits per heavy atom. The first-order valence-corrected chi connectivity index (χ1v) is 5.65. The fraction of sp³-hybridized carbons (Fsp3) is 0.600. The minimum Gasteiger partial charge on any atom is -0.394 e. The van der Waals surface area contributed by atoms with E-state index in [0.29, 0.717) is 0 Å². The quantitative estimate of drug-likeness (QED) is 0.385. The van der Waals surface area contributed by atoms with Crippen LogP contribution in [-0.2, 0) is 11.4 Å². The highest BCUT2D eigenvalue weighted by atomic mass is 16.6. The number of aliphatic hydroxyl groups excluding tert-OH is 3. The Kier molecular flexibility index (Phi) is 3.83. The smallest absolute Gasteiger partial charge is 0.329 e. The molecule has 0 radical (unpaired) electrons. The van der Waals surface area contributed by atoms with E-state index in [2.05, 4.69) is 0 Å². The lowest BCUT2D eigenvalue weighted by molar-refractivity contribution is -0.0233. The molecule has 0 amide bonds. The summed E-state index contributed by atoms with van der Waals surface area (Å²) < 4.78 is 6.25. The summed E-state index contributed by atoms with van der Waals surface area (Å²) in [6.45, 7) is -0.652. The van der Waals surface area contributed by atoms with Crippen molar-refractivity contribution in [3.8, 4) is 0 Å².